The first-order valence-corrected chi connectivity index (χ1v) is 26.8. The number of cyclic esters (lactones) is 1. The maximum Gasteiger partial charge on any atom is 0.317 e. The lowest BCUT2D eigenvalue weighted by atomic mass is 9.67. The van der Waals surface area contributed by atoms with Crippen LogP contribution in [-0.4, -0.2) is 164 Å². The minimum absolute atomic E-state index is 0.0505. The van der Waals surface area contributed by atoms with E-state index in [4.69, 9.17) is 23.7 Å². The van der Waals surface area contributed by atoms with Crippen molar-refractivity contribution in [1.82, 2.24) is 39.7 Å². The van der Waals surface area contributed by atoms with Crippen molar-refractivity contribution >= 4 is 52.3 Å². The Morgan fingerprint density at radius 1 is 1.11 bits per heavy atom. The molecule has 3 aliphatic heterocycles. The molecule has 0 aliphatic carbocycles. The summed E-state index contributed by atoms with van der Waals surface area (Å²) in [6, 6.07) is 6.54. The number of aliphatic hydroxyl groups excluding tert-OH is 3. The molecule has 3 aromatic heterocycles. The number of likely N-dealkylation sites (N-methyl/N-ethyl adjacent to an activating group) is 1. The van der Waals surface area contributed by atoms with Gasteiger partial charge in [0, 0.05) is 93.0 Å². The van der Waals surface area contributed by atoms with E-state index in [0.717, 1.165) is 11.3 Å². The van der Waals surface area contributed by atoms with Gasteiger partial charge in [-0.05, 0) is 113 Å². The quantitative estimate of drug-likeness (QED) is 0.0196. The van der Waals surface area contributed by atoms with Crippen LogP contribution in [0.5, 0.6) is 0 Å². The zero-order valence-electron chi connectivity index (χ0n) is 44.0. The molecule has 3 aliphatic rings. The van der Waals surface area contributed by atoms with Crippen LogP contribution in [-0.2, 0) is 55.8 Å². The van der Waals surface area contributed by atoms with Gasteiger partial charge in [-0.3, -0.25) is 34.3 Å². The van der Waals surface area contributed by atoms with Gasteiger partial charge in [0.05, 0.1) is 59.0 Å². The summed E-state index contributed by atoms with van der Waals surface area (Å²) >= 11 is 1.87. The number of esters is 1. The first kappa shape index (κ1) is 58.5. The fourth-order valence-electron chi connectivity index (χ4n) is 10.9. The number of rotatable bonds is 19. The average Bonchev–Trinajstić information content (AvgIpc) is 4.08. The summed E-state index contributed by atoms with van der Waals surface area (Å²) in [5.74, 6) is -5.41. The van der Waals surface area contributed by atoms with Gasteiger partial charge in [0.2, 0.25) is 0 Å². The van der Waals surface area contributed by atoms with Gasteiger partial charge in [-0.1, -0.05) is 19.1 Å². The first-order chi connectivity index (χ1) is 36.1. The molecule has 3 fully saturated rings. The highest BCUT2D eigenvalue weighted by Gasteiger charge is 2.60. The van der Waals surface area contributed by atoms with Crippen LogP contribution in [0.25, 0.3) is 11.3 Å². The van der Waals surface area contributed by atoms with Gasteiger partial charge in [-0.25, -0.2) is 9.67 Å². The van der Waals surface area contributed by atoms with E-state index in [1.54, 1.807) is 52.6 Å². The van der Waals surface area contributed by atoms with E-state index >= 15 is 4.79 Å². The first-order valence-electron chi connectivity index (χ1n) is 25.5. The number of nitro groups is 1. The smallest absolute Gasteiger partial charge is 0.317 e. The Balaban J connectivity index is 1.08. The zero-order valence-corrected chi connectivity index (χ0v) is 46.1. The number of carbonyl (C=O) groups is 4. The fraction of sp³-hybridized carbons (Fsp3) is 0.615. The second kappa shape index (κ2) is 25.1. The average molecular weight is 1170 g/mol. The van der Waals surface area contributed by atoms with Crippen LogP contribution in [0.15, 0.2) is 67.5 Å². The number of imidazole rings is 1. The number of aromatic nitrogens is 6. The van der Waals surface area contributed by atoms with E-state index in [0.29, 0.717) is 50.0 Å². The minimum atomic E-state index is -1.52. The molecule has 0 spiro atoms. The van der Waals surface area contributed by atoms with Gasteiger partial charge < -0.3 is 53.8 Å². The predicted molar refractivity (Wildman–Crippen MR) is 280 cm³/mol. The number of non-ortho nitro benzene ring substituents is 1. The Labute approximate surface area is 454 Å². The zero-order chi connectivity index (χ0) is 55.2. The van der Waals surface area contributed by atoms with E-state index in [-0.39, 0.29) is 30.4 Å². The number of pyridine rings is 1. The van der Waals surface area contributed by atoms with Crippen LogP contribution in [0.2, 0.25) is 0 Å². The number of fused-ring (bicyclic) bond motifs is 1. The monoisotopic (exact) mass is 1170 g/mol. The third-order valence-corrected chi connectivity index (χ3v) is 17.1. The summed E-state index contributed by atoms with van der Waals surface area (Å²) < 4.78 is 33.3. The SMILES string of the molecule is CO[C@]1(C)C[C@@H](C)C(=O)[C@@H]2C(CCCn3cnc(-c4cccnc4)c3)N[C@H]2[C@](C)(OC=O)[C@@H](I)OC(=O)[C@H](C)C(=O)[C@H](C)[C@H]1O[C@@H]1O[C@H](C)C[C@H](N(C)CCc2cn([C@H](CO)[C@H](O)c3ccc([N+](=O)[O-])cc3)nn2)[C@H]1O. The molecule has 0 bridgehead atoms. The highest BCUT2D eigenvalue weighted by atomic mass is 127. The van der Waals surface area contributed by atoms with Gasteiger partial charge in [-0.15, -0.1) is 5.10 Å². The van der Waals surface area contributed by atoms with Crippen LogP contribution in [0.4, 0.5) is 5.69 Å². The number of ketones is 2. The molecule has 3 saturated heterocycles. The molecule has 16 atom stereocenters. The second-order valence-corrected chi connectivity index (χ2v) is 22.0. The molecule has 6 heterocycles. The molecule has 0 saturated carbocycles. The molecule has 7 rings (SSSR count). The molecule has 23 nitrogen and oxygen atoms in total. The number of nitrogens with zero attached hydrogens (tertiary/aromatic N) is 8. The number of halogens is 1. The van der Waals surface area contributed by atoms with E-state index in [1.165, 1.54) is 43.0 Å². The van der Waals surface area contributed by atoms with Crippen LogP contribution in [0.1, 0.15) is 90.6 Å². The van der Waals surface area contributed by atoms with Crippen molar-refractivity contribution in [1.29, 1.82) is 0 Å². The number of nitrogens with one attached hydrogen (secondary N) is 1. The number of alkyl halides is 1. The number of hydrogen-bond acceptors (Lipinski definition) is 20. The highest BCUT2D eigenvalue weighted by molar-refractivity contribution is 14.1. The van der Waals surface area contributed by atoms with E-state index in [2.05, 4.69) is 25.6 Å². The normalized spacial score (nSPS) is 32.4. The van der Waals surface area contributed by atoms with Crippen LogP contribution in [0.3, 0.4) is 0 Å². The summed E-state index contributed by atoms with van der Waals surface area (Å²) in [6.07, 6.45) is 5.29. The molecule has 76 heavy (non-hydrogen) atoms. The van der Waals surface area contributed by atoms with Gasteiger partial charge in [-0.2, -0.15) is 0 Å². The number of aliphatic hydroxyl groups is 3. The number of nitro benzene ring substituents is 1. The predicted octanol–water partition coefficient (Wildman–Crippen LogP) is 3.96. The topological polar surface area (TPSA) is 295 Å². The Bertz CT molecular complexity index is 2630. The summed E-state index contributed by atoms with van der Waals surface area (Å²) in [6.45, 7) is 10.8. The van der Waals surface area contributed by atoms with Crippen LogP contribution in [0, 0.1) is 33.8 Å². The maximum atomic E-state index is 15.1. The molecule has 1 unspecified atom stereocenters. The van der Waals surface area contributed by atoms with E-state index in [1.807, 2.05) is 64.4 Å². The number of Topliss-reactive ketones (excluding diaryl/α,β-unsaturated/α-hetero) is 2. The van der Waals surface area contributed by atoms with E-state index in [9.17, 15) is 39.8 Å². The molecule has 4 aromatic rings. The third-order valence-electron chi connectivity index (χ3n) is 15.7. The van der Waals surface area contributed by atoms with Crippen molar-refractivity contribution in [2.75, 3.05) is 27.3 Å². The number of ether oxygens (including phenoxy) is 5. The lowest BCUT2D eigenvalue weighted by Crippen LogP contribution is -2.75. The summed E-state index contributed by atoms with van der Waals surface area (Å²) in [5.41, 5.74) is -0.515. The number of carbonyl (C=O) groups excluding carboxylic acids is 4. The van der Waals surface area contributed by atoms with Gasteiger partial charge >= 0.3 is 5.97 Å². The number of benzene rings is 1. The van der Waals surface area contributed by atoms with Crippen molar-refractivity contribution < 1.29 is 63.1 Å². The van der Waals surface area contributed by atoms with Crippen molar-refractivity contribution in [3.8, 4) is 11.3 Å². The highest BCUT2D eigenvalue weighted by Crippen LogP contribution is 2.44. The largest absolute Gasteiger partial charge is 0.455 e. The number of hydrogen-bond donors (Lipinski definition) is 4. The molecule has 24 heteroatoms. The summed E-state index contributed by atoms with van der Waals surface area (Å²) in [5, 5.41) is 56.5. The lowest BCUT2D eigenvalue weighted by molar-refractivity contribution is -0.384. The molecule has 4 N–H and O–H groups in total. The summed E-state index contributed by atoms with van der Waals surface area (Å²) in [4.78, 5) is 77.0. The Morgan fingerprint density at radius 3 is 2.50 bits per heavy atom. The Hall–Kier alpha value is -5.19. The van der Waals surface area contributed by atoms with Crippen molar-refractivity contribution in [2.45, 2.75) is 150 Å². The Kier molecular flexibility index (Phi) is 19.3. The molecular weight excluding hydrogens is 1100 g/mol. The van der Waals surface area contributed by atoms with E-state index < -0.39 is 111 Å². The molecule has 414 valence electrons. The standard InChI is InChI=1S/C52H70IN9O14/c1-29-22-51(5,72-8)47(75-49-45(68)39(21-30(2)74-49)59(7)20-17-35-24-61(58-57-35)40(26-63)44(67)33-13-15-36(16-14-33)62(70)71)31(3)43(66)32(4)48(69)76-50(53)52(6,73-28-64)46-41(42(29)65)37(56-46)12-10-19-60-25-38(55-27-60)34-11-9-18-54-23-34/h9,11,13-16,18,23-25,27-32,37,39-41,44-47,49-50,56,63,67-68H,10,12,17,19-22,26H2,1-8H3/t29-,30-,31+,32-,37?,39+,40-,41+,44-,45-,46-,47-,49+,50+,51-,52+/m1/s1. The maximum absolute atomic E-state index is 15.1. The molecule has 0 amide bonds. The van der Waals surface area contributed by atoms with Crippen molar-refractivity contribution in [3.05, 3.63) is 88.9 Å². The van der Waals surface area contributed by atoms with Gasteiger partial charge in [0.15, 0.2) is 21.8 Å². The van der Waals surface area contributed by atoms with Crippen LogP contribution >= 0.6 is 22.6 Å². The minimum Gasteiger partial charge on any atom is -0.455 e. The molecule has 1 aromatic carbocycles. The van der Waals surface area contributed by atoms with Crippen molar-refractivity contribution in [3.63, 3.8) is 0 Å². The van der Waals surface area contributed by atoms with Gasteiger partial charge in [0.25, 0.3) is 12.2 Å². The Morgan fingerprint density at radius 2 is 1.84 bits per heavy atom. The van der Waals surface area contributed by atoms with Gasteiger partial charge in [0.1, 0.15) is 30.0 Å². The number of methoxy groups -OCH3 is 1. The second-order valence-electron chi connectivity index (χ2n) is 20.9. The summed E-state index contributed by atoms with van der Waals surface area (Å²) in [7, 11) is 3.29. The van der Waals surface area contributed by atoms with Crippen LogP contribution < -0.4 is 5.32 Å². The number of aryl methyl sites for hydroxylation is 1. The fourth-order valence-corrected chi connectivity index (χ4v) is 11.7. The van der Waals surface area contributed by atoms with Crippen molar-refractivity contribution in [2.24, 2.45) is 23.7 Å². The molecule has 0 radical (unpaired) electrons. The third kappa shape index (κ3) is 12.7. The molecular formula is C52H70IN9O14. The lowest BCUT2D eigenvalue weighted by Gasteiger charge is -2.54.